The number of nitrogens with zero attached hydrogens (tertiary/aromatic N) is 5. The summed E-state index contributed by atoms with van der Waals surface area (Å²) in [5.74, 6) is 1.29. The van der Waals surface area contributed by atoms with Crippen LogP contribution in [-0.2, 0) is 4.74 Å². The molecule has 8 heteroatoms. The minimum Gasteiger partial charge on any atom is -0.447 e. The highest BCUT2D eigenvalue weighted by Crippen LogP contribution is 2.27. The lowest BCUT2D eigenvalue weighted by Crippen LogP contribution is -2.34. The van der Waals surface area contributed by atoms with E-state index in [1.807, 2.05) is 25.1 Å². The first-order valence-electron chi connectivity index (χ1n) is 11.1. The molecule has 2 atom stereocenters. The highest BCUT2D eigenvalue weighted by molar-refractivity contribution is 5.88. The van der Waals surface area contributed by atoms with Crippen molar-refractivity contribution in [3.63, 3.8) is 0 Å². The van der Waals surface area contributed by atoms with Crippen molar-refractivity contribution in [2.24, 2.45) is 0 Å². The van der Waals surface area contributed by atoms with Gasteiger partial charge < -0.3 is 14.6 Å². The van der Waals surface area contributed by atoms with Gasteiger partial charge in [0.05, 0.1) is 17.6 Å². The summed E-state index contributed by atoms with van der Waals surface area (Å²) in [4.78, 5) is 27.1. The topological polar surface area (TPSA) is 85.2 Å². The lowest BCUT2D eigenvalue weighted by Gasteiger charge is -2.20. The normalized spacial score (nSPS) is 16.8. The number of hydrogen-bond acceptors (Lipinski definition) is 6. The molecule has 0 bridgehead atoms. The molecule has 1 aliphatic rings. The van der Waals surface area contributed by atoms with Crippen LogP contribution in [0.15, 0.2) is 60.8 Å². The van der Waals surface area contributed by atoms with Crippen molar-refractivity contribution < 1.29 is 9.53 Å². The van der Waals surface area contributed by atoms with Crippen LogP contribution in [0, 0.1) is 6.92 Å². The molecule has 1 N–H and O–H groups in total. The van der Waals surface area contributed by atoms with Crippen molar-refractivity contribution in [1.29, 1.82) is 0 Å². The number of fused-ring (bicyclic) bond motifs is 1. The van der Waals surface area contributed by atoms with Crippen LogP contribution in [0.2, 0.25) is 0 Å². The van der Waals surface area contributed by atoms with Crippen LogP contribution in [0.5, 0.6) is 0 Å². The second-order valence-electron chi connectivity index (χ2n) is 8.22. The number of carbonyl (C=O) groups excluding carboxylic acids is 1. The monoisotopic (exact) mass is 442 g/mol. The van der Waals surface area contributed by atoms with Crippen molar-refractivity contribution in [2.75, 3.05) is 16.8 Å². The lowest BCUT2D eigenvalue weighted by atomic mass is 10.1. The lowest BCUT2D eigenvalue weighted by molar-refractivity contribution is 0.178. The molecule has 0 saturated carbocycles. The van der Waals surface area contributed by atoms with Gasteiger partial charge in [-0.15, -0.1) is 0 Å². The van der Waals surface area contributed by atoms with E-state index in [4.69, 9.17) is 4.74 Å². The Hall–Kier alpha value is -3.94. The summed E-state index contributed by atoms with van der Waals surface area (Å²) in [5.41, 5.74) is 3.35. The summed E-state index contributed by atoms with van der Waals surface area (Å²) < 4.78 is 7.38. The molecule has 0 aliphatic carbocycles. The smallest absolute Gasteiger partial charge is 0.417 e. The van der Waals surface area contributed by atoms with E-state index in [-0.39, 0.29) is 12.1 Å². The summed E-state index contributed by atoms with van der Waals surface area (Å²) >= 11 is 0. The zero-order valence-corrected chi connectivity index (χ0v) is 18.9. The van der Waals surface area contributed by atoms with Crippen LogP contribution in [0.1, 0.15) is 37.7 Å². The average Bonchev–Trinajstić information content (AvgIpc) is 3.41. The zero-order valence-electron chi connectivity index (χ0n) is 18.9. The quantitative estimate of drug-likeness (QED) is 0.451. The highest BCUT2D eigenvalue weighted by Gasteiger charge is 2.35. The third-order valence-corrected chi connectivity index (χ3v) is 5.98. The van der Waals surface area contributed by atoms with Gasteiger partial charge in [0, 0.05) is 11.9 Å². The van der Waals surface area contributed by atoms with Gasteiger partial charge in [-0.3, -0.25) is 0 Å². The van der Waals surface area contributed by atoms with Crippen LogP contribution in [0.3, 0.4) is 0 Å². The van der Waals surface area contributed by atoms with Gasteiger partial charge in [0.25, 0.3) is 0 Å². The first-order valence-corrected chi connectivity index (χ1v) is 11.1. The predicted octanol–water partition coefficient (Wildman–Crippen LogP) is 5.03. The zero-order chi connectivity index (χ0) is 22.9. The van der Waals surface area contributed by atoms with Crippen molar-refractivity contribution in [1.82, 2.24) is 19.5 Å². The number of cyclic esters (lactones) is 1. The van der Waals surface area contributed by atoms with Crippen molar-refractivity contribution in [3.8, 4) is 5.69 Å². The highest BCUT2D eigenvalue weighted by atomic mass is 16.6. The summed E-state index contributed by atoms with van der Waals surface area (Å²) in [5, 5.41) is 4.55. The van der Waals surface area contributed by atoms with E-state index in [1.165, 1.54) is 10.3 Å². The average molecular weight is 443 g/mol. The number of benzene rings is 2. The molecule has 8 nitrogen and oxygen atoms in total. The molecule has 3 heterocycles. The van der Waals surface area contributed by atoms with Crippen molar-refractivity contribution in [3.05, 3.63) is 72.2 Å². The predicted molar refractivity (Wildman–Crippen MR) is 128 cm³/mol. The molecule has 2 aromatic carbocycles. The van der Waals surface area contributed by atoms with Crippen molar-refractivity contribution >= 4 is 28.9 Å². The maximum absolute atomic E-state index is 12.2. The SMILES string of the molecule is CC[C@H]1COC(=O)N1c1nc(C)nc(N[C@@H](C)c2ccc3ccn(-c4ccccc4)c3c2)n1. The molecule has 1 amide bonds. The maximum Gasteiger partial charge on any atom is 0.417 e. The van der Waals surface area contributed by atoms with Gasteiger partial charge in [0.15, 0.2) is 0 Å². The number of rotatable bonds is 6. The van der Waals surface area contributed by atoms with Gasteiger partial charge in [0.2, 0.25) is 11.9 Å². The van der Waals surface area contributed by atoms with Crippen LogP contribution >= 0.6 is 0 Å². The number of anilines is 2. The second-order valence-corrected chi connectivity index (χ2v) is 8.22. The molecule has 4 aromatic rings. The van der Waals surface area contributed by atoms with E-state index < -0.39 is 6.09 Å². The molecular weight excluding hydrogens is 416 g/mol. The molecule has 1 aliphatic heterocycles. The first-order chi connectivity index (χ1) is 16.0. The maximum atomic E-state index is 12.2. The number of ether oxygens (including phenoxy) is 1. The Kier molecular flexibility index (Phi) is 5.42. The number of carbonyl (C=O) groups is 1. The Morgan fingerprint density at radius 3 is 2.73 bits per heavy atom. The molecule has 0 unspecified atom stereocenters. The summed E-state index contributed by atoms with van der Waals surface area (Å²) in [7, 11) is 0. The number of amides is 1. The van der Waals surface area contributed by atoms with Gasteiger partial charge in [0.1, 0.15) is 12.4 Å². The number of para-hydroxylation sites is 1. The minimum absolute atomic E-state index is 0.0596. The standard InChI is InChI=1S/C25H26N6O2/c1-4-20-15-33-25(32)31(20)24-28-17(3)27-23(29-24)26-16(2)19-11-10-18-12-13-30(22(18)14-19)21-8-6-5-7-9-21/h5-14,16,20H,4,15H2,1-3H3,(H,26,27,28,29)/t16-,20-/m0/s1. The van der Waals surface area contributed by atoms with Gasteiger partial charge in [-0.25, -0.2) is 9.69 Å². The Morgan fingerprint density at radius 2 is 1.94 bits per heavy atom. The summed E-state index contributed by atoms with van der Waals surface area (Å²) in [6, 6.07) is 18.7. The number of hydrogen-bond donors (Lipinski definition) is 1. The molecule has 0 radical (unpaired) electrons. The molecule has 0 spiro atoms. The molecule has 5 rings (SSSR count). The Balaban J connectivity index is 1.43. The number of aromatic nitrogens is 4. The van der Waals surface area contributed by atoms with Gasteiger partial charge in [-0.2, -0.15) is 15.0 Å². The Labute approximate surface area is 192 Å². The fourth-order valence-electron chi connectivity index (χ4n) is 4.15. The summed E-state index contributed by atoms with van der Waals surface area (Å²) in [6.45, 7) is 6.22. The Morgan fingerprint density at radius 1 is 1.12 bits per heavy atom. The molecular formula is C25H26N6O2. The minimum atomic E-state index is -0.418. The summed E-state index contributed by atoms with van der Waals surface area (Å²) in [6.07, 6.45) is 2.43. The number of nitrogens with one attached hydrogen (secondary N) is 1. The molecule has 168 valence electrons. The van der Waals surface area contributed by atoms with Gasteiger partial charge >= 0.3 is 6.09 Å². The fraction of sp³-hybridized carbons (Fsp3) is 0.280. The van der Waals surface area contributed by atoms with Crippen LogP contribution in [0.25, 0.3) is 16.6 Å². The van der Waals surface area contributed by atoms with Gasteiger partial charge in [-0.05, 0) is 55.5 Å². The Bertz CT molecular complexity index is 1300. The molecule has 33 heavy (non-hydrogen) atoms. The van der Waals surface area contributed by atoms with E-state index in [1.54, 1.807) is 6.92 Å². The second kappa shape index (κ2) is 8.54. The molecule has 1 fully saturated rings. The van der Waals surface area contributed by atoms with Crippen molar-refractivity contribution in [2.45, 2.75) is 39.3 Å². The van der Waals surface area contributed by atoms with Crippen LogP contribution in [-0.4, -0.2) is 38.3 Å². The van der Waals surface area contributed by atoms with Gasteiger partial charge in [-0.1, -0.05) is 37.3 Å². The molecule has 2 aromatic heterocycles. The molecule has 1 saturated heterocycles. The third-order valence-electron chi connectivity index (χ3n) is 5.98. The van der Waals surface area contributed by atoms with E-state index in [0.29, 0.717) is 24.3 Å². The van der Waals surface area contributed by atoms with E-state index in [0.717, 1.165) is 23.2 Å². The number of aryl methyl sites for hydroxylation is 1. The van der Waals surface area contributed by atoms with E-state index in [2.05, 4.69) is 74.4 Å². The van der Waals surface area contributed by atoms with Crippen LogP contribution in [0.4, 0.5) is 16.7 Å². The van der Waals surface area contributed by atoms with Crippen LogP contribution < -0.4 is 10.2 Å². The van der Waals surface area contributed by atoms with E-state index in [9.17, 15) is 4.79 Å². The third kappa shape index (κ3) is 4.00. The van der Waals surface area contributed by atoms with E-state index >= 15 is 0 Å². The first kappa shape index (κ1) is 20.9. The largest absolute Gasteiger partial charge is 0.447 e. The fourth-order valence-corrected chi connectivity index (χ4v) is 4.15.